The van der Waals surface area contributed by atoms with Crippen LogP contribution in [0.5, 0.6) is 0 Å². The van der Waals surface area contributed by atoms with Gasteiger partial charge in [-0.3, -0.25) is 9.47 Å². The van der Waals surface area contributed by atoms with Gasteiger partial charge in [0.1, 0.15) is 5.82 Å². The molecule has 1 aliphatic heterocycles. The zero-order valence-corrected chi connectivity index (χ0v) is 12.4. The molecule has 1 unspecified atom stereocenters. The summed E-state index contributed by atoms with van der Waals surface area (Å²) < 4.78 is 26.2. The van der Waals surface area contributed by atoms with E-state index >= 15 is 0 Å². The van der Waals surface area contributed by atoms with Gasteiger partial charge in [-0.15, -0.1) is 24.8 Å². The monoisotopic (exact) mass is 316 g/mol. The number of likely N-dealkylation sites (tertiary alicyclic amines) is 1. The van der Waals surface area contributed by atoms with Gasteiger partial charge >= 0.3 is 6.55 Å². The van der Waals surface area contributed by atoms with Crippen LogP contribution < -0.4 is 5.32 Å². The lowest BCUT2D eigenvalue weighted by atomic mass is 10.1. The van der Waals surface area contributed by atoms with Gasteiger partial charge in [0.2, 0.25) is 0 Å². The summed E-state index contributed by atoms with van der Waals surface area (Å²) in [6.07, 6.45) is 5.01. The number of hydrogen-bond donors (Lipinski definition) is 1. The van der Waals surface area contributed by atoms with E-state index < -0.39 is 6.55 Å². The quantitative estimate of drug-likeness (QED) is 0.925. The first-order chi connectivity index (χ1) is 8.20. The van der Waals surface area contributed by atoms with Crippen LogP contribution in [0, 0.1) is 0 Å². The normalized spacial score (nSPS) is 19.9. The number of alkyl halides is 2. The molecule has 112 valence electrons. The van der Waals surface area contributed by atoms with Crippen LogP contribution >= 0.6 is 24.8 Å². The standard InChI is InChI=1S/C11H18F2N4.2ClH/c1-14-9-3-2-5-16(7-9)8-10-15-4-6-17(10)11(12)13;;/h4,6,9,11,14H,2-3,5,7-8H2,1H3;2*1H. The summed E-state index contributed by atoms with van der Waals surface area (Å²) >= 11 is 0. The lowest BCUT2D eigenvalue weighted by Gasteiger charge is -2.32. The molecule has 0 bridgehead atoms. The predicted molar refractivity (Wildman–Crippen MR) is 75.3 cm³/mol. The molecular weight excluding hydrogens is 297 g/mol. The summed E-state index contributed by atoms with van der Waals surface area (Å²) in [5, 5.41) is 3.23. The molecule has 0 spiro atoms. The Bertz CT molecular complexity index is 362. The van der Waals surface area contributed by atoms with E-state index in [-0.39, 0.29) is 24.8 Å². The van der Waals surface area contributed by atoms with Crippen LogP contribution in [-0.4, -0.2) is 40.6 Å². The van der Waals surface area contributed by atoms with E-state index in [9.17, 15) is 8.78 Å². The molecule has 1 aliphatic rings. The zero-order valence-electron chi connectivity index (χ0n) is 10.8. The third-order valence-electron chi connectivity index (χ3n) is 3.24. The average Bonchev–Trinajstić information content (AvgIpc) is 2.77. The van der Waals surface area contributed by atoms with E-state index in [1.807, 2.05) is 7.05 Å². The third kappa shape index (κ3) is 4.87. The molecule has 1 aromatic heterocycles. The first-order valence-electron chi connectivity index (χ1n) is 5.90. The highest BCUT2D eigenvalue weighted by Gasteiger charge is 2.21. The molecule has 1 N–H and O–H groups in total. The highest BCUT2D eigenvalue weighted by molar-refractivity contribution is 5.85. The van der Waals surface area contributed by atoms with Crippen molar-refractivity contribution in [1.82, 2.24) is 19.8 Å². The molecule has 0 saturated carbocycles. The van der Waals surface area contributed by atoms with Crippen molar-refractivity contribution >= 4 is 24.8 Å². The SMILES string of the molecule is CNC1CCCN(Cc2nccn2C(F)F)C1.Cl.Cl. The predicted octanol–water partition coefficient (Wildman–Crippen LogP) is 2.31. The van der Waals surface area contributed by atoms with E-state index in [0.717, 1.165) is 30.5 Å². The fourth-order valence-electron chi connectivity index (χ4n) is 2.28. The van der Waals surface area contributed by atoms with Gasteiger partial charge in [-0.25, -0.2) is 4.98 Å². The Morgan fingerprint density at radius 3 is 2.84 bits per heavy atom. The number of nitrogens with zero attached hydrogens (tertiary/aromatic N) is 3. The van der Waals surface area contributed by atoms with Crippen molar-refractivity contribution < 1.29 is 8.78 Å². The van der Waals surface area contributed by atoms with Crippen LogP contribution in [0.15, 0.2) is 12.4 Å². The molecule has 2 rings (SSSR count). The summed E-state index contributed by atoms with van der Waals surface area (Å²) in [4.78, 5) is 6.18. The number of likely N-dealkylation sites (N-methyl/N-ethyl adjacent to an activating group) is 1. The second-order valence-corrected chi connectivity index (χ2v) is 4.39. The molecule has 8 heteroatoms. The second kappa shape index (κ2) is 8.68. The fourth-order valence-corrected chi connectivity index (χ4v) is 2.28. The van der Waals surface area contributed by atoms with Gasteiger partial charge in [-0.1, -0.05) is 0 Å². The Balaban J connectivity index is 0.00000162. The minimum absolute atomic E-state index is 0. The Hall–Kier alpha value is -0.430. The number of rotatable bonds is 4. The average molecular weight is 317 g/mol. The maximum absolute atomic E-state index is 12.7. The van der Waals surface area contributed by atoms with Crippen molar-refractivity contribution in [3.63, 3.8) is 0 Å². The van der Waals surface area contributed by atoms with Gasteiger partial charge in [0.05, 0.1) is 6.54 Å². The van der Waals surface area contributed by atoms with Crippen molar-refractivity contribution in [1.29, 1.82) is 0 Å². The van der Waals surface area contributed by atoms with E-state index in [4.69, 9.17) is 0 Å². The molecule has 1 atom stereocenters. The molecule has 1 saturated heterocycles. The Kier molecular flexibility index (Phi) is 8.49. The van der Waals surface area contributed by atoms with Crippen LogP contribution in [0.3, 0.4) is 0 Å². The number of nitrogens with one attached hydrogen (secondary N) is 1. The fraction of sp³-hybridized carbons (Fsp3) is 0.727. The summed E-state index contributed by atoms with van der Waals surface area (Å²) in [6.45, 7) is -0.159. The summed E-state index contributed by atoms with van der Waals surface area (Å²) in [5.41, 5.74) is 0. The van der Waals surface area contributed by atoms with Crippen molar-refractivity contribution in [2.24, 2.45) is 0 Å². The Morgan fingerprint density at radius 1 is 1.47 bits per heavy atom. The minimum atomic E-state index is -2.50. The van der Waals surface area contributed by atoms with Crippen LogP contribution in [0.25, 0.3) is 0 Å². The molecule has 0 radical (unpaired) electrons. The molecule has 0 amide bonds. The maximum Gasteiger partial charge on any atom is 0.319 e. The number of imidazole rings is 1. The van der Waals surface area contributed by atoms with Gasteiger partial charge < -0.3 is 5.32 Å². The van der Waals surface area contributed by atoms with Crippen molar-refractivity contribution in [3.8, 4) is 0 Å². The molecule has 4 nitrogen and oxygen atoms in total. The molecule has 0 aromatic carbocycles. The summed E-state index contributed by atoms with van der Waals surface area (Å²) in [7, 11) is 1.94. The summed E-state index contributed by atoms with van der Waals surface area (Å²) in [6, 6.07) is 0.457. The van der Waals surface area contributed by atoms with Crippen molar-refractivity contribution in [2.75, 3.05) is 20.1 Å². The van der Waals surface area contributed by atoms with E-state index in [1.54, 1.807) is 0 Å². The van der Waals surface area contributed by atoms with E-state index in [1.165, 1.54) is 12.4 Å². The van der Waals surface area contributed by atoms with Crippen LogP contribution in [0.2, 0.25) is 0 Å². The van der Waals surface area contributed by atoms with E-state index in [2.05, 4.69) is 15.2 Å². The van der Waals surface area contributed by atoms with Crippen LogP contribution in [-0.2, 0) is 6.54 Å². The number of hydrogen-bond acceptors (Lipinski definition) is 3. The van der Waals surface area contributed by atoms with Gasteiger partial charge in [0.15, 0.2) is 0 Å². The third-order valence-corrected chi connectivity index (χ3v) is 3.24. The maximum atomic E-state index is 12.7. The molecule has 0 aliphatic carbocycles. The number of aromatic nitrogens is 2. The first-order valence-corrected chi connectivity index (χ1v) is 5.90. The second-order valence-electron chi connectivity index (χ2n) is 4.39. The molecule has 2 heterocycles. The lowest BCUT2D eigenvalue weighted by Crippen LogP contribution is -2.44. The molecule has 1 fully saturated rings. The minimum Gasteiger partial charge on any atom is -0.316 e. The number of piperidine rings is 1. The lowest BCUT2D eigenvalue weighted by molar-refractivity contribution is 0.0626. The van der Waals surface area contributed by atoms with Crippen molar-refractivity contribution in [2.45, 2.75) is 32.0 Å². The Morgan fingerprint density at radius 2 is 2.21 bits per heavy atom. The van der Waals surface area contributed by atoms with Crippen molar-refractivity contribution in [3.05, 3.63) is 18.2 Å². The zero-order chi connectivity index (χ0) is 12.3. The van der Waals surface area contributed by atoms with Gasteiger partial charge in [0, 0.05) is 25.0 Å². The highest BCUT2D eigenvalue weighted by atomic mass is 35.5. The topological polar surface area (TPSA) is 33.1 Å². The van der Waals surface area contributed by atoms with Gasteiger partial charge in [0.25, 0.3) is 0 Å². The van der Waals surface area contributed by atoms with Crippen LogP contribution in [0.4, 0.5) is 8.78 Å². The van der Waals surface area contributed by atoms with Gasteiger partial charge in [-0.05, 0) is 26.4 Å². The molecular formula is C11H20Cl2F2N4. The van der Waals surface area contributed by atoms with Gasteiger partial charge in [-0.2, -0.15) is 8.78 Å². The smallest absolute Gasteiger partial charge is 0.316 e. The summed E-state index contributed by atoms with van der Waals surface area (Å²) in [5.74, 6) is 0.441. The first kappa shape index (κ1) is 18.6. The largest absolute Gasteiger partial charge is 0.319 e. The van der Waals surface area contributed by atoms with Crippen LogP contribution in [0.1, 0.15) is 25.2 Å². The van der Waals surface area contributed by atoms with E-state index in [0.29, 0.717) is 18.4 Å². The molecule has 19 heavy (non-hydrogen) atoms. The highest BCUT2D eigenvalue weighted by Crippen LogP contribution is 2.16. The molecule has 1 aromatic rings. The Labute approximate surface area is 124 Å². The number of halogens is 4.